The van der Waals surface area contributed by atoms with Crippen molar-refractivity contribution >= 4 is 27.6 Å². The lowest BCUT2D eigenvalue weighted by molar-refractivity contribution is -0.131. The van der Waals surface area contributed by atoms with E-state index in [0.29, 0.717) is 17.4 Å². The summed E-state index contributed by atoms with van der Waals surface area (Å²) in [5.41, 5.74) is 1.62. The van der Waals surface area contributed by atoms with E-state index < -0.39 is 0 Å². The summed E-state index contributed by atoms with van der Waals surface area (Å²) in [6.45, 7) is 0.598. The summed E-state index contributed by atoms with van der Waals surface area (Å²) in [6, 6.07) is 21.5. The largest absolute Gasteiger partial charge is 0.340 e. The van der Waals surface area contributed by atoms with E-state index in [-0.39, 0.29) is 17.9 Å². The fourth-order valence-electron chi connectivity index (χ4n) is 3.31. The van der Waals surface area contributed by atoms with Crippen molar-refractivity contribution in [2.45, 2.75) is 13.1 Å². The second-order valence-corrected chi connectivity index (χ2v) is 6.57. The molecule has 0 unspecified atom stereocenters. The van der Waals surface area contributed by atoms with Crippen LogP contribution in [0.5, 0.6) is 0 Å². The molecule has 0 fully saturated rings. The quantitative estimate of drug-likeness (QED) is 0.564. The van der Waals surface area contributed by atoms with Crippen molar-refractivity contribution < 1.29 is 4.79 Å². The van der Waals surface area contributed by atoms with Gasteiger partial charge in [-0.1, -0.05) is 54.6 Å². The lowest BCUT2D eigenvalue weighted by atomic mass is 10.0. The third kappa shape index (κ3) is 3.31. The number of rotatable bonds is 4. The third-order valence-electron chi connectivity index (χ3n) is 4.76. The summed E-state index contributed by atoms with van der Waals surface area (Å²) >= 11 is 0. The maximum absolute atomic E-state index is 12.8. The Morgan fingerprint density at radius 3 is 2.52 bits per heavy atom. The summed E-state index contributed by atoms with van der Waals surface area (Å²) in [4.78, 5) is 26.4. The van der Waals surface area contributed by atoms with Gasteiger partial charge in [-0.3, -0.25) is 14.3 Å². The predicted octanol–water partition coefficient (Wildman–Crippen LogP) is 3.21. The molecule has 27 heavy (non-hydrogen) atoms. The number of carbonyl (C=O) groups is 1. The second-order valence-electron chi connectivity index (χ2n) is 6.57. The number of aromatic nitrogens is 2. The van der Waals surface area contributed by atoms with E-state index >= 15 is 0 Å². The maximum Gasteiger partial charge on any atom is 0.244 e. The van der Waals surface area contributed by atoms with Gasteiger partial charge >= 0.3 is 0 Å². The molecule has 0 spiro atoms. The van der Waals surface area contributed by atoms with Crippen LogP contribution in [0, 0.1) is 0 Å². The Hall–Kier alpha value is -3.47. The molecule has 0 saturated heterocycles. The van der Waals surface area contributed by atoms with E-state index in [2.05, 4.69) is 23.3 Å². The zero-order chi connectivity index (χ0) is 18.8. The van der Waals surface area contributed by atoms with E-state index in [1.54, 1.807) is 22.7 Å². The highest BCUT2D eigenvalue weighted by molar-refractivity contribution is 5.86. The van der Waals surface area contributed by atoms with Crippen LogP contribution in [0.1, 0.15) is 5.56 Å². The smallest absolute Gasteiger partial charge is 0.244 e. The van der Waals surface area contributed by atoms with Crippen LogP contribution in [0.25, 0.3) is 21.7 Å². The topological polar surface area (TPSA) is 55.2 Å². The van der Waals surface area contributed by atoms with Gasteiger partial charge in [0, 0.05) is 19.0 Å². The van der Waals surface area contributed by atoms with Gasteiger partial charge in [0.2, 0.25) is 11.3 Å². The van der Waals surface area contributed by atoms with Crippen LogP contribution in [0.15, 0.2) is 77.7 Å². The molecule has 1 heterocycles. The Bertz CT molecular complexity index is 1190. The zero-order valence-electron chi connectivity index (χ0n) is 15.0. The van der Waals surface area contributed by atoms with Crippen LogP contribution >= 0.6 is 0 Å². The number of hydrogen-bond donors (Lipinski definition) is 0. The molecule has 0 bridgehead atoms. The van der Waals surface area contributed by atoms with Crippen LogP contribution in [0.2, 0.25) is 0 Å². The minimum absolute atomic E-state index is 0.0655. The lowest BCUT2D eigenvalue weighted by Gasteiger charge is -2.19. The molecule has 4 rings (SSSR count). The van der Waals surface area contributed by atoms with Gasteiger partial charge in [0.05, 0.1) is 11.7 Å². The molecule has 4 aromatic rings. The van der Waals surface area contributed by atoms with E-state index in [1.807, 2.05) is 42.5 Å². The molecule has 5 nitrogen and oxygen atoms in total. The lowest BCUT2D eigenvalue weighted by Crippen LogP contribution is -2.31. The molecule has 5 heteroatoms. The molecular formula is C22H19N3O2. The Kier molecular flexibility index (Phi) is 4.42. The molecule has 1 aromatic heterocycles. The molecule has 0 N–H and O–H groups in total. The molecule has 0 aliphatic rings. The Labute approximate surface area is 156 Å². The summed E-state index contributed by atoms with van der Waals surface area (Å²) in [6.07, 6.45) is 1.26. The van der Waals surface area contributed by atoms with E-state index in [1.165, 1.54) is 6.20 Å². The number of amides is 1. The van der Waals surface area contributed by atoms with Gasteiger partial charge < -0.3 is 4.90 Å². The maximum atomic E-state index is 12.8. The number of hydrogen-bond acceptors (Lipinski definition) is 3. The molecule has 0 atom stereocenters. The summed E-state index contributed by atoms with van der Waals surface area (Å²) in [5, 5.41) is 7.01. The number of carbonyl (C=O) groups excluding carboxylic acids is 1. The van der Waals surface area contributed by atoms with Gasteiger partial charge in [-0.2, -0.15) is 5.10 Å². The third-order valence-corrected chi connectivity index (χ3v) is 4.76. The monoisotopic (exact) mass is 357 g/mol. The average molecular weight is 357 g/mol. The highest BCUT2D eigenvalue weighted by atomic mass is 16.2. The number of likely N-dealkylation sites (N-methyl/N-ethyl adjacent to an activating group) is 1. The fourth-order valence-corrected chi connectivity index (χ4v) is 3.31. The number of para-hydroxylation sites is 1. The fraction of sp³-hybridized carbons (Fsp3) is 0.136. The van der Waals surface area contributed by atoms with Crippen LogP contribution in [0.4, 0.5) is 0 Å². The molecule has 0 radical (unpaired) electrons. The van der Waals surface area contributed by atoms with Crippen molar-refractivity contribution in [3.05, 3.63) is 88.7 Å². The summed E-state index contributed by atoms with van der Waals surface area (Å²) < 4.78 is 1.58. The first-order chi connectivity index (χ1) is 13.1. The highest BCUT2D eigenvalue weighted by Crippen LogP contribution is 2.19. The molecule has 3 aromatic carbocycles. The number of fused-ring (bicyclic) bond motifs is 2. The molecule has 1 amide bonds. The summed E-state index contributed by atoms with van der Waals surface area (Å²) in [5.74, 6) is -0.0655. The van der Waals surface area contributed by atoms with E-state index in [9.17, 15) is 9.59 Å². The van der Waals surface area contributed by atoms with Gasteiger partial charge in [0.15, 0.2) is 0 Å². The first-order valence-electron chi connectivity index (χ1n) is 8.79. The van der Waals surface area contributed by atoms with Crippen LogP contribution in [-0.2, 0) is 17.9 Å². The predicted molar refractivity (Wildman–Crippen MR) is 106 cm³/mol. The van der Waals surface area contributed by atoms with Crippen molar-refractivity contribution in [3.63, 3.8) is 0 Å². The normalized spacial score (nSPS) is 11.0. The molecule has 0 aliphatic carbocycles. The molecule has 0 saturated carbocycles. The Morgan fingerprint density at radius 2 is 1.67 bits per heavy atom. The van der Waals surface area contributed by atoms with Crippen LogP contribution < -0.4 is 5.43 Å². The van der Waals surface area contributed by atoms with Crippen molar-refractivity contribution in [1.82, 2.24) is 14.7 Å². The molecule has 134 valence electrons. The van der Waals surface area contributed by atoms with Crippen molar-refractivity contribution in [1.29, 1.82) is 0 Å². The van der Waals surface area contributed by atoms with Gasteiger partial charge in [0.1, 0.15) is 6.54 Å². The number of nitrogens with zero attached hydrogens (tertiary/aromatic N) is 3. The Morgan fingerprint density at radius 1 is 0.963 bits per heavy atom. The van der Waals surface area contributed by atoms with Crippen molar-refractivity contribution in [2.24, 2.45) is 0 Å². The SMILES string of the molecule is CN(Cc1cccc2ccccc12)C(=O)Cn1ncc(=O)c2ccccc21. The number of benzene rings is 3. The molecule has 0 aliphatic heterocycles. The van der Waals surface area contributed by atoms with Gasteiger partial charge in [-0.05, 0) is 28.5 Å². The Balaban J connectivity index is 1.58. The first-order valence-corrected chi connectivity index (χ1v) is 8.79. The first kappa shape index (κ1) is 17.0. The summed E-state index contributed by atoms with van der Waals surface area (Å²) in [7, 11) is 1.79. The van der Waals surface area contributed by atoms with Crippen molar-refractivity contribution in [3.8, 4) is 0 Å². The van der Waals surface area contributed by atoms with Gasteiger partial charge in [0.25, 0.3) is 0 Å². The second kappa shape index (κ2) is 7.03. The van der Waals surface area contributed by atoms with Crippen LogP contribution in [-0.4, -0.2) is 27.6 Å². The van der Waals surface area contributed by atoms with Crippen LogP contribution in [0.3, 0.4) is 0 Å². The molecular weight excluding hydrogens is 338 g/mol. The highest BCUT2D eigenvalue weighted by Gasteiger charge is 2.13. The van der Waals surface area contributed by atoms with Crippen molar-refractivity contribution in [2.75, 3.05) is 7.05 Å². The minimum Gasteiger partial charge on any atom is -0.340 e. The average Bonchev–Trinajstić information content (AvgIpc) is 2.70. The standard InChI is InChI=1S/C22H19N3O2/c1-24(14-17-9-6-8-16-7-2-3-10-18(16)17)22(27)15-25-20-12-5-4-11-19(20)21(26)13-23-25/h2-13H,14-15H2,1H3. The van der Waals surface area contributed by atoms with E-state index in [4.69, 9.17) is 0 Å². The van der Waals surface area contributed by atoms with Gasteiger partial charge in [-0.25, -0.2) is 0 Å². The van der Waals surface area contributed by atoms with E-state index in [0.717, 1.165) is 16.3 Å². The van der Waals surface area contributed by atoms with Gasteiger partial charge in [-0.15, -0.1) is 0 Å². The minimum atomic E-state index is -0.140. The zero-order valence-corrected chi connectivity index (χ0v) is 15.0.